The van der Waals surface area contributed by atoms with Crippen LogP contribution in [0.1, 0.15) is 5.56 Å². The van der Waals surface area contributed by atoms with Crippen LogP contribution in [0.3, 0.4) is 0 Å². The summed E-state index contributed by atoms with van der Waals surface area (Å²) < 4.78 is 178. The summed E-state index contributed by atoms with van der Waals surface area (Å²) in [5.41, 5.74) is 0.818. The van der Waals surface area contributed by atoms with Gasteiger partial charge in [0.05, 0.1) is 11.1 Å². The average molecular weight is 849 g/mol. The van der Waals surface area contributed by atoms with Crippen LogP contribution in [-0.4, -0.2) is 67.0 Å². The molecule has 1 aromatic heterocycles. The number of rotatable bonds is 10. The first kappa shape index (κ1) is 40.4. The third-order valence-corrected chi connectivity index (χ3v) is 10.6. The van der Waals surface area contributed by atoms with Crippen LogP contribution in [0.4, 0.5) is 53.1 Å². The first-order chi connectivity index (χ1) is 25.3. The van der Waals surface area contributed by atoms with E-state index >= 15 is 0 Å². The van der Waals surface area contributed by atoms with E-state index in [-0.39, 0.29) is 11.3 Å². The molecule has 0 aliphatic carbocycles. The van der Waals surface area contributed by atoms with Crippen molar-refractivity contribution in [3.05, 3.63) is 71.9 Å². The summed E-state index contributed by atoms with van der Waals surface area (Å²) in [7, 11) is -21.2. The Morgan fingerprint density at radius 2 is 1.18 bits per heavy atom. The van der Waals surface area contributed by atoms with Crippen molar-refractivity contribution >= 4 is 91.2 Å². The molecule has 290 valence electrons. The number of fused-ring (bicyclic) bond motifs is 1. The van der Waals surface area contributed by atoms with Gasteiger partial charge in [-0.1, -0.05) is 0 Å². The number of nitrogens with two attached hydrogens (primary N) is 1. The molecule has 0 atom stereocenters. The van der Waals surface area contributed by atoms with Crippen LogP contribution >= 0.6 is 0 Å². The SMILES string of the molecule is Cc1cc(N=Nc2c(S(=O)(=O)O)cc3cc(S(=O)(=O)O)c(N=Nc4cc(Nc5cc(F)nc(F)n5)ccc4S(=O)(=O)O)c(O)c3c2N)c(S(=O)(=O)O)cc1F. The number of halogens is 3. The van der Waals surface area contributed by atoms with Crippen molar-refractivity contribution < 1.29 is 70.2 Å². The van der Waals surface area contributed by atoms with Crippen molar-refractivity contribution in [1.29, 1.82) is 0 Å². The predicted octanol–water partition coefficient (Wildman–Crippen LogP) is 5.20. The van der Waals surface area contributed by atoms with Gasteiger partial charge in [0, 0.05) is 11.8 Å². The molecule has 5 rings (SSSR count). The largest absolute Gasteiger partial charge is 0.505 e. The maximum absolute atomic E-state index is 14.1. The summed E-state index contributed by atoms with van der Waals surface area (Å²) in [6.07, 6.45) is -1.50. The number of azo groups is 2. The highest BCUT2D eigenvalue weighted by Crippen LogP contribution is 2.48. The van der Waals surface area contributed by atoms with Gasteiger partial charge in [-0.3, -0.25) is 18.2 Å². The van der Waals surface area contributed by atoms with Gasteiger partial charge >= 0.3 is 6.08 Å². The Bertz CT molecular complexity index is 2970. The lowest BCUT2D eigenvalue weighted by Crippen LogP contribution is -2.04. The Hall–Kier alpha value is -5.75. The van der Waals surface area contributed by atoms with E-state index in [1.165, 1.54) is 0 Å². The van der Waals surface area contributed by atoms with Gasteiger partial charge in [-0.2, -0.15) is 52.4 Å². The van der Waals surface area contributed by atoms with Gasteiger partial charge in [0.25, 0.3) is 40.5 Å². The lowest BCUT2D eigenvalue weighted by Gasteiger charge is -2.14. The van der Waals surface area contributed by atoms with E-state index in [0.29, 0.717) is 30.3 Å². The van der Waals surface area contributed by atoms with Crippen LogP contribution in [-0.2, 0) is 40.5 Å². The lowest BCUT2D eigenvalue weighted by molar-refractivity contribution is 0.472. The molecule has 0 amide bonds. The normalized spacial score (nSPS) is 12.9. The quantitative estimate of drug-likeness (QED) is 0.0312. The minimum atomic E-state index is -5.48. The topological polar surface area (TPSA) is 351 Å². The Labute approximate surface area is 306 Å². The van der Waals surface area contributed by atoms with E-state index in [2.05, 4.69) is 35.7 Å². The Kier molecular flexibility index (Phi) is 10.4. The zero-order chi connectivity index (χ0) is 41.0. The van der Waals surface area contributed by atoms with Crippen LogP contribution in [0.5, 0.6) is 5.75 Å². The van der Waals surface area contributed by atoms with E-state index < -0.39 is 129 Å². The molecule has 0 saturated carbocycles. The Morgan fingerprint density at radius 3 is 1.73 bits per heavy atom. The minimum absolute atomic E-state index is 0.220. The van der Waals surface area contributed by atoms with Gasteiger partial charge < -0.3 is 16.2 Å². The fourth-order valence-corrected chi connectivity index (χ4v) is 7.29. The molecule has 1 heterocycles. The molecule has 0 saturated heterocycles. The number of phenolic OH excluding ortho intramolecular Hbond substituents is 1. The first-order valence-corrected chi connectivity index (χ1v) is 19.8. The number of benzene rings is 4. The van der Waals surface area contributed by atoms with Crippen LogP contribution in [0, 0.1) is 24.8 Å². The third-order valence-electron chi connectivity index (χ3n) is 7.08. The van der Waals surface area contributed by atoms with Crippen molar-refractivity contribution in [2.75, 3.05) is 11.1 Å². The number of hydrogen-bond acceptors (Lipinski definition) is 17. The molecular weight excluding hydrogens is 830 g/mol. The number of aromatic hydroxyl groups is 1. The van der Waals surface area contributed by atoms with Crippen LogP contribution in [0.25, 0.3) is 10.8 Å². The van der Waals surface area contributed by atoms with Gasteiger partial charge in [-0.15, -0.1) is 20.5 Å². The molecule has 0 fully saturated rings. The van der Waals surface area contributed by atoms with Gasteiger partial charge in [-0.25, -0.2) is 4.39 Å². The van der Waals surface area contributed by atoms with Gasteiger partial charge in [-0.05, 0) is 60.3 Å². The summed E-state index contributed by atoms with van der Waals surface area (Å²) in [6.45, 7) is 1.16. The molecule has 0 aliphatic heterocycles. The number of anilines is 3. The summed E-state index contributed by atoms with van der Waals surface area (Å²) in [5.74, 6) is -4.25. The number of nitrogens with zero attached hydrogens (tertiary/aromatic N) is 6. The molecule has 4 aromatic carbocycles. The van der Waals surface area contributed by atoms with Gasteiger partial charge in [0.1, 0.15) is 54.0 Å². The number of aromatic nitrogens is 2. The number of aryl methyl sites for hydroxylation is 1. The maximum Gasteiger partial charge on any atom is 0.313 e. The molecule has 28 heteroatoms. The van der Waals surface area contributed by atoms with Crippen LogP contribution in [0.15, 0.2) is 88.6 Å². The second-order valence-electron chi connectivity index (χ2n) is 10.8. The summed E-state index contributed by atoms with van der Waals surface area (Å²) in [4.78, 5) is 1.37. The van der Waals surface area contributed by atoms with Crippen molar-refractivity contribution in [3.63, 3.8) is 0 Å². The zero-order valence-electron chi connectivity index (χ0n) is 26.6. The van der Waals surface area contributed by atoms with Crippen LogP contribution in [0.2, 0.25) is 0 Å². The van der Waals surface area contributed by atoms with E-state index in [1.807, 2.05) is 0 Å². The highest BCUT2D eigenvalue weighted by molar-refractivity contribution is 7.86. The predicted molar refractivity (Wildman–Crippen MR) is 180 cm³/mol. The smallest absolute Gasteiger partial charge is 0.313 e. The summed E-state index contributed by atoms with van der Waals surface area (Å²) in [6, 6.07) is 5.20. The molecule has 0 bridgehead atoms. The summed E-state index contributed by atoms with van der Waals surface area (Å²) in [5, 5.41) is 26.4. The van der Waals surface area contributed by atoms with Gasteiger partial charge in [0.2, 0.25) is 5.95 Å². The minimum Gasteiger partial charge on any atom is -0.505 e. The molecule has 55 heavy (non-hydrogen) atoms. The second-order valence-corrected chi connectivity index (χ2v) is 16.4. The third kappa shape index (κ3) is 8.65. The average Bonchev–Trinajstić information content (AvgIpc) is 3.02. The molecule has 0 aliphatic rings. The molecule has 5 aromatic rings. The monoisotopic (exact) mass is 848 g/mol. The molecule has 0 unspecified atom stereocenters. The number of nitrogens with one attached hydrogen (secondary N) is 1. The lowest BCUT2D eigenvalue weighted by atomic mass is 10.1. The molecular formula is C27H19F3N8O13S4. The first-order valence-electron chi connectivity index (χ1n) is 14.0. The van der Waals surface area contributed by atoms with Crippen molar-refractivity contribution in [1.82, 2.24) is 9.97 Å². The number of phenols is 1. The van der Waals surface area contributed by atoms with E-state index in [9.17, 15) is 70.2 Å². The van der Waals surface area contributed by atoms with E-state index in [4.69, 9.17) is 5.73 Å². The second kappa shape index (κ2) is 14.2. The summed E-state index contributed by atoms with van der Waals surface area (Å²) >= 11 is 0. The zero-order valence-corrected chi connectivity index (χ0v) is 29.9. The van der Waals surface area contributed by atoms with Crippen LogP contribution < -0.4 is 11.1 Å². The van der Waals surface area contributed by atoms with Gasteiger partial charge in [0.15, 0.2) is 5.75 Å². The van der Waals surface area contributed by atoms with Crippen molar-refractivity contribution in [2.45, 2.75) is 26.5 Å². The molecule has 21 nitrogen and oxygen atoms in total. The number of hydrogen-bond donors (Lipinski definition) is 7. The fraction of sp³-hybridized carbons (Fsp3) is 0.0370. The van der Waals surface area contributed by atoms with Crippen molar-refractivity contribution in [2.24, 2.45) is 20.5 Å². The number of nitrogen functional groups attached to an aromatic ring is 1. The fourth-order valence-electron chi connectivity index (χ4n) is 4.74. The Balaban J connectivity index is 1.77. The standard InChI is InChI=1S/C27H19F3N8O13S4/c1-10-4-14(17(8-13(10)28)53(43,44)45)35-37-24-18(54(46,47)48)5-11-6-19(55(49,50)51)25(26(39)22(11)23(24)31)38-36-15-7-12(2-3-16(15)52(40,41)42)32-21-9-20(29)33-27(30)34-21/h2-9,39H,31H2,1H3,(H,32,33,34)(H,40,41,42)(H,43,44,45)(H,46,47,48)(H,49,50,51). The molecule has 0 radical (unpaired) electrons. The van der Waals surface area contributed by atoms with Crippen molar-refractivity contribution in [3.8, 4) is 5.75 Å². The maximum atomic E-state index is 14.1. The van der Waals surface area contributed by atoms with E-state index in [1.54, 1.807) is 0 Å². The Morgan fingerprint density at radius 1 is 0.655 bits per heavy atom. The highest BCUT2D eigenvalue weighted by Gasteiger charge is 2.29. The molecule has 8 N–H and O–H groups in total. The van der Waals surface area contributed by atoms with E-state index in [0.717, 1.165) is 25.1 Å². The molecule has 0 spiro atoms. The highest BCUT2D eigenvalue weighted by atomic mass is 32.2.